The molecule has 0 radical (unpaired) electrons. The molecular weight excluding hydrogens is 168 g/mol. The fraction of sp³-hybridized carbons (Fsp3) is 0.571. The quantitative estimate of drug-likeness (QED) is 0.636. The van der Waals surface area contributed by atoms with Crippen LogP contribution in [0, 0.1) is 18.7 Å². The molecule has 2 fully saturated rings. The minimum Gasteiger partial charge on any atom is -0.0590 e. The zero-order valence-corrected chi connectivity index (χ0v) is 7.93. The Hall–Kier alpha value is -0.780. The van der Waals surface area contributed by atoms with Gasteiger partial charge in [0.25, 0.3) is 0 Å². The average molecular weight is 194 g/mol. The summed E-state index contributed by atoms with van der Waals surface area (Å²) in [7, 11) is 0. The van der Waals surface area contributed by atoms with Crippen LogP contribution in [-0.4, -0.2) is 0 Å². The Labute approximate surface area is 97.6 Å². The summed E-state index contributed by atoms with van der Waals surface area (Å²) in [4.78, 5) is 0. The van der Waals surface area contributed by atoms with Crippen LogP contribution in [-0.2, 0) is 0 Å². The third-order valence-corrected chi connectivity index (χ3v) is 3.48. The summed E-state index contributed by atoms with van der Waals surface area (Å²) in [6.07, 6.45) is 2.43. The predicted octanol–water partition coefficient (Wildman–Crippen LogP) is 3.90. The molecule has 0 saturated heterocycles. The van der Waals surface area contributed by atoms with E-state index in [9.17, 15) is 0 Å². The van der Waals surface area contributed by atoms with Crippen molar-refractivity contribution in [2.75, 3.05) is 0 Å². The highest BCUT2D eigenvalue weighted by Gasteiger charge is 2.39. The fourth-order valence-corrected chi connectivity index (χ4v) is 2.82. The van der Waals surface area contributed by atoms with Crippen molar-refractivity contribution in [1.82, 2.24) is 0 Å². The standard InChI is InChI=1S/C14H18/c1-10-2-5-12(6-3-10)14-9-11-4-7-13(14)8-11/h2-3,5-6,11,13-14H,4,7-9H2,1H3/t11-,13+,14-/m1/s1/i1D3,2D,3D,5D,6D,9D/t9?,11-,13+,14-. The van der Waals surface area contributed by atoms with Gasteiger partial charge in [-0.15, -0.1) is 0 Å². The number of benzene rings is 1. The Balaban J connectivity index is 2.19. The lowest BCUT2D eigenvalue weighted by atomic mass is 9.83. The average Bonchev–Trinajstić information content (AvgIpc) is 2.98. The second kappa shape index (κ2) is 3.12. The van der Waals surface area contributed by atoms with Gasteiger partial charge in [0, 0.05) is 5.48 Å². The van der Waals surface area contributed by atoms with Gasteiger partial charge in [0.1, 0.15) is 0 Å². The predicted molar refractivity (Wildman–Crippen MR) is 59.4 cm³/mol. The van der Waals surface area contributed by atoms with Gasteiger partial charge in [-0.1, -0.05) is 36.2 Å². The number of fused-ring (bicyclic) bond motifs is 2. The van der Waals surface area contributed by atoms with Crippen molar-refractivity contribution >= 4 is 0 Å². The van der Waals surface area contributed by atoms with E-state index in [1.54, 1.807) is 0 Å². The molecule has 3 rings (SSSR count). The third kappa shape index (κ3) is 1.28. The molecule has 74 valence electrons. The second-order valence-corrected chi connectivity index (χ2v) is 4.34. The second-order valence-electron chi connectivity index (χ2n) is 4.34. The lowest BCUT2D eigenvalue weighted by Crippen LogP contribution is -2.08. The third-order valence-electron chi connectivity index (χ3n) is 3.48. The molecule has 2 aliphatic carbocycles. The first-order valence-corrected chi connectivity index (χ1v) is 5.17. The van der Waals surface area contributed by atoms with Crippen LogP contribution in [0.4, 0.5) is 0 Å². The lowest BCUT2D eigenvalue weighted by molar-refractivity contribution is 0.420. The summed E-state index contributed by atoms with van der Waals surface area (Å²) in [5.41, 5.74) is -0.272. The molecule has 1 aromatic carbocycles. The van der Waals surface area contributed by atoms with Gasteiger partial charge in [0.05, 0.1) is 5.48 Å². The lowest BCUT2D eigenvalue weighted by Gasteiger charge is -2.22. The molecule has 0 spiro atoms. The zero-order valence-electron chi connectivity index (χ0n) is 15.9. The monoisotopic (exact) mass is 194 g/mol. The molecule has 0 aliphatic heterocycles. The molecule has 0 heterocycles. The topological polar surface area (TPSA) is 0 Å². The fourth-order valence-electron chi connectivity index (χ4n) is 2.82. The van der Waals surface area contributed by atoms with Crippen LogP contribution in [0.1, 0.15) is 53.7 Å². The molecule has 2 aliphatic rings. The van der Waals surface area contributed by atoms with Crippen molar-refractivity contribution in [2.45, 2.75) is 38.4 Å². The van der Waals surface area contributed by atoms with Crippen molar-refractivity contribution in [3.05, 3.63) is 35.3 Å². The first-order valence-electron chi connectivity index (χ1n) is 9.25. The van der Waals surface area contributed by atoms with Crippen LogP contribution in [0.5, 0.6) is 0 Å². The molecule has 14 heavy (non-hydrogen) atoms. The summed E-state index contributed by atoms with van der Waals surface area (Å²) >= 11 is 0. The number of rotatable bonds is 1. The van der Waals surface area contributed by atoms with E-state index in [0.29, 0.717) is 0 Å². The smallest absolute Gasteiger partial charge is 0.0590 e. The van der Waals surface area contributed by atoms with Crippen LogP contribution in [0.15, 0.2) is 24.2 Å². The maximum atomic E-state index is 8.32. The Morgan fingerprint density at radius 3 is 2.86 bits per heavy atom. The molecule has 0 amide bonds. The van der Waals surface area contributed by atoms with Crippen LogP contribution in [0.3, 0.4) is 0 Å². The molecule has 0 heteroatoms. The van der Waals surface area contributed by atoms with E-state index in [2.05, 4.69) is 0 Å². The van der Waals surface area contributed by atoms with Crippen LogP contribution in [0.25, 0.3) is 0 Å². The Bertz CT molecular complexity index is 589. The van der Waals surface area contributed by atoms with Gasteiger partial charge in [0.2, 0.25) is 0 Å². The summed E-state index contributed by atoms with van der Waals surface area (Å²) in [5.74, 6) is 0.176. The van der Waals surface area contributed by atoms with Gasteiger partial charge in [-0.3, -0.25) is 0 Å². The largest absolute Gasteiger partial charge is 0.0626 e. The van der Waals surface area contributed by atoms with Crippen LogP contribution in [0.2, 0.25) is 0 Å². The normalized spacial score (nSPS) is 49.4. The highest BCUT2D eigenvalue weighted by atomic mass is 14.4. The summed E-state index contributed by atoms with van der Waals surface area (Å²) in [6, 6.07) is -1.51. The molecular formula is C14H18. The maximum Gasteiger partial charge on any atom is 0.0626 e. The minimum atomic E-state index is -2.67. The summed E-state index contributed by atoms with van der Waals surface area (Å²) < 4.78 is 62.9. The van der Waals surface area contributed by atoms with E-state index in [1.165, 1.54) is 0 Å². The van der Waals surface area contributed by atoms with Gasteiger partial charge in [0.15, 0.2) is 0 Å². The Kier molecular flexibility index (Phi) is 0.815. The molecule has 2 bridgehead atoms. The van der Waals surface area contributed by atoms with Gasteiger partial charge in [-0.05, 0) is 49.4 Å². The maximum absolute atomic E-state index is 8.32. The van der Waals surface area contributed by atoms with Crippen molar-refractivity contribution in [3.8, 4) is 0 Å². The highest BCUT2D eigenvalue weighted by molar-refractivity contribution is 5.26. The van der Waals surface area contributed by atoms with E-state index < -0.39 is 30.9 Å². The molecule has 4 atom stereocenters. The van der Waals surface area contributed by atoms with E-state index in [0.717, 1.165) is 19.3 Å². The summed E-state index contributed by atoms with van der Waals surface area (Å²) in [6.45, 7) is -2.67. The van der Waals surface area contributed by atoms with E-state index in [-0.39, 0.29) is 35.4 Å². The van der Waals surface area contributed by atoms with Crippen LogP contribution < -0.4 is 0 Å². The van der Waals surface area contributed by atoms with Gasteiger partial charge < -0.3 is 0 Å². The zero-order chi connectivity index (χ0) is 16.4. The van der Waals surface area contributed by atoms with Crippen molar-refractivity contribution in [2.24, 2.45) is 11.8 Å². The highest BCUT2D eigenvalue weighted by Crippen LogP contribution is 2.52. The molecule has 1 unspecified atom stereocenters. The van der Waals surface area contributed by atoms with Crippen molar-refractivity contribution in [3.63, 3.8) is 0 Å². The van der Waals surface area contributed by atoms with Gasteiger partial charge in [-0.2, -0.15) is 0 Å². The molecule has 2 saturated carbocycles. The van der Waals surface area contributed by atoms with Crippen molar-refractivity contribution < 1.29 is 11.0 Å². The molecule has 0 aromatic heterocycles. The van der Waals surface area contributed by atoms with Gasteiger partial charge in [-0.25, -0.2) is 0 Å². The first kappa shape index (κ1) is 3.66. The minimum absolute atomic E-state index is 0.220. The Morgan fingerprint density at radius 1 is 1.36 bits per heavy atom. The van der Waals surface area contributed by atoms with Crippen molar-refractivity contribution in [1.29, 1.82) is 0 Å². The van der Waals surface area contributed by atoms with E-state index >= 15 is 0 Å². The molecule has 0 nitrogen and oxygen atoms in total. The van der Waals surface area contributed by atoms with Crippen LogP contribution >= 0.6 is 0 Å². The van der Waals surface area contributed by atoms with E-state index in [4.69, 9.17) is 11.0 Å². The molecule has 0 N–H and O–H groups in total. The van der Waals surface area contributed by atoms with Gasteiger partial charge >= 0.3 is 0 Å². The van der Waals surface area contributed by atoms with E-state index in [1.807, 2.05) is 0 Å². The molecule has 1 aromatic rings. The Morgan fingerprint density at radius 2 is 2.21 bits per heavy atom. The summed E-state index contributed by atoms with van der Waals surface area (Å²) in [5, 5.41) is 0. The number of hydrogen-bond donors (Lipinski definition) is 0. The first-order chi connectivity index (χ1) is 10.1. The SMILES string of the molecule is [2H]c1c([2H])c(C([2H])([2H])[2H])c([2H])c([2H])c1[C@H]1C([2H])[C@@H]2CC[C@H]1C2. The number of hydrogen-bond acceptors (Lipinski definition) is 0.